The molecule has 0 radical (unpaired) electrons. The Kier molecular flexibility index (Phi) is 6.44. The number of hydrogen-bond acceptors (Lipinski definition) is 2. The summed E-state index contributed by atoms with van der Waals surface area (Å²) in [5.41, 5.74) is 1.08. The maximum atomic E-state index is 14.3. The lowest BCUT2D eigenvalue weighted by Crippen LogP contribution is -2.16. The molecule has 0 bridgehead atoms. The fourth-order valence-corrected chi connectivity index (χ4v) is 3.30. The highest BCUT2D eigenvalue weighted by Gasteiger charge is 2.17. The van der Waals surface area contributed by atoms with E-state index < -0.39 is 17.6 Å². The summed E-state index contributed by atoms with van der Waals surface area (Å²) in [5, 5.41) is 5.10. The molecule has 0 spiro atoms. The van der Waals surface area contributed by atoms with Crippen LogP contribution >= 0.6 is 31.9 Å². The number of aryl methyl sites for hydroxylation is 1. The molecule has 0 unspecified atom stereocenters. The van der Waals surface area contributed by atoms with Crippen LogP contribution in [0.4, 0.5) is 20.2 Å². The second kappa shape index (κ2) is 8.84. The Labute approximate surface area is 182 Å². The molecule has 0 saturated carbocycles. The van der Waals surface area contributed by atoms with Crippen LogP contribution in [0.3, 0.4) is 0 Å². The molecule has 0 aliphatic rings. The fraction of sp³-hybridized carbons (Fsp3) is 0.0476. The molecule has 0 saturated heterocycles. The van der Waals surface area contributed by atoms with Crippen molar-refractivity contribution in [2.45, 2.75) is 6.92 Å². The third-order valence-corrected chi connectivity index (χ3v) is 5.26. The number of benzene rings is 3. The standard InChI is InChI=1S/C21H14Br2F2N2O2/c1-11-8-14(6-7-17(11)24)26-21(29)15-9-19(18(25)10-16(15)23)27-20(28)12-2-4-13(22)5-3-12/h2-10H,1H3,(H,26,29)(H,27,28). The zero-order valence-corrected chi connectivity index (χ0v) is 18.2. The Balaban J connectivity index is 1.84. The monoisotopic (exact) mass is 522 g/mol. The molecule has 8 heteroatoms. The van der Waals surface area contributed by atoms with Gasteiger partial charge in [-0.1, -0.05) is 15.9 Å². The molecule has 2 N–H and O–H groups in total. The zero-order valence-electron chi connectivity index (χ0n) is 15.0. The van der Waals surface area contributed by atoms with Gasteiger partial charge >= 0.3 is 0 Å². The number of hydrogen-bond donors (Lipinski definition) is 2. The second-order valence-corrected chi connectivity index (χ2v) is 7.96. The maximum Gasteiger partial charge on any atom is 0.256 e. The lowest BCUT2D eigenvalue weighted by Gasteiger charge is -2.12. The lowest BCUT2D eigenvalue weighted by atomic mass is 10.1. The number of carbonyl (C=O) groups is 2. The van der Waals surface area contributed by atoms with E-state index in [9.17, 15) is 18.4 Å². The van der Waals surface area contributed by atoms with Crippen LogP contribution in [0.15, 0.2) is 63.5 Å². The number of carbonyl (C=O) groups excluding carboxylic acids is 2. The zero-order chi connectivity index (χ0) is 21.1. The summed E-state index contributed by atoms with van der Waals surface area (Å²) in [6, 6.07) is 13.0. The summed E-state index contributed by atoms with van der Waals surface area (Å²) in [5.74, 6) is -2.14. The van der Waals surface area contributed by atoms with Crippen LogP contribution in [0.25, 0.3) is 0 Å². The molecule has 0 fully saturated rings. The van der Waals surface area contributed by atoms with Gasteiger partial charge in [-0.3, -0.25) is 9.59 Å². The molecule has 3 rings (SSSR count). The summed E-state index contributed by atoms with van der Waals surface area (Å²) in [6.45, 7) is 1.58. The molecule has 3 aromatic carbocycles. The van der Waals surface area contributed by atoms with E-state index in [1.54, 1.807) is 31.2 Å². The van der Waals surface area contributed by atoms with Crippen LogP contribution in [0.2, 0.25) is 0 Å². The van der Waals surface area contributed by atoms with E-state index in [-0.39, 0.29) is 21.5 Å². The topological polar surface area (TPSA) is 58.2 Å². The van der Waals surface area contributed by atoms with Gasteiger partial charge in [0.2, 0.25) is 0 Å². The van der Waals surface area contributed by atoms with Gasteiger partial charge in [0.05, 0.1) is 11.3 Å². The molecule has 148 valence electrons. The molecule has 0 aromatic heterocycles. The molecule has 0 aliphatic heterocycles. The largest absolute Gasteiger partial charge is 0.322 e. The summed E-state index contributed by atoms with van der Waals surface area (Å²) in [6.07, 6.45) is 0. The average Bonchev–Trinajstić information content (AvgIpc) is 2.67. The number of nitrogens with one attached hydrogen (secondary N) is 2. The highest BCUT2D eigenvalue weighted by molar-refractivity contribution is 9.10. The number of halogens is 4. The third kappa shape index (κ3) is 5.07. The highest BCUT2D eigenvalue weighted by Crippen LogP contribution is 2.26. The van der Waals surface area contributed by atoms with Crippen LogP contribution in [-0.2, 0) is 0 Å². The van der Waals surface area contributed by atoms with Gasteiger partial charge in [-0.25, -0.2) is 8.78 Å². The van der Waals surface area contributed by atoms with Crippen molar-refractivity contribution in [1.29, 1.82) is 0 Å². The number of amides is 2. The van der Waals surface area contributed by atoms with Crippen molar-refractivity contribution < 1.29 is 18.4 Å². The summed E-state index contributed by atoms with van der Waals surface area (Å²) < 4.78 is 28.8. The number of anilines is 2. The molecule has 4 nitrogen and oxygen atoms in total. The van der Waals surface area contributed by atoms with Crippen molar-refractivity contribution in [3.63, 3.8) is 0 Å². The summed E-state index contributed by atoms with van der Waals surface area (Å²) >= 11 is 6.44. The molecular formula is C21H14Br2F2N2O2. The van der Waals surface area contributed by atoms with E-state index in [4.69, 9.17) is 0 Å². The fourth-order valence-electron chi connectivity index (χ4n) is 2.54. The molecular weight excluding hydrogens is 510 g/mol. The summed E-state index contributed by atoms with van der Waals surface area (Å²) in [4.78, 5) is 25.0. The molecule has 3 aromatic rings. The maximum absolute atomic E-state index is 14.3. The Hall–Kier alpha value is -2.58. The number of rotatable bonds is 4. The first-order chi connectivity index (χ1) is 13.7. The van der Waals surface area contributed by atoms with Crippen molar-refractivity contribution in [1.82, 2.24) is 0 Å². The molecule has 0 aliphatic carbocycles. The molecule has 0 heterocycles. The Morgan fingerprint density at radius 1 is 0.828 bits per heavy atom. The minimum atomic E-state index is -0.698. The van der Waals surface area contributed by atoms with Gasteiger partial charge in [0.1, 0.15) is 11.6 Å². The molecule has 0 atom stereocenters. The van der Waals surface area contributed by atoms with E-state index in [2.05, 4.69) is 42.5 Å². The van der Waals surface area contributed by atoms with Gasteiger partial charge in [-0.15, -0.1) is 0 Å². The Morgan fingerprint density at radius 3 is 2.17 bits per heavy atom. The first-order valence-electron chi connectivity index (χ1n) is 8.38. The van der Waals surface area contributed by atoms with Crippen LogP contribution < -0.4 is 10.6 Å². The van der Waals surface area contributed by atoms with Crippen LogP contribution in [-0.4, -0.2) is 11.8 Å². The van der Waals surface area contributed by atoms with E-state index >= 15 is 0 Å². The first kappa shape index (κ1) is 21.1. The quantitative estimate of drug-likeness (QED) is 0.421. The predicted octanol–water partition coefficient (Wildman–Crippen LogP) is 6.30. The highest BCUT2D eigenvalue weighted by atomic mass is 79.9. The van der Waals surface area contributed by atoms with Crippen molar-refractivity contribution >= 4 is 55.0 Å². The van der Waals surface area contributed by atoms with Crippen LogP contribution in [0, 0.1) is 18.6 Å². The van der Waals surface area contributed by atoms with Gasteiger partial charge in [-0.05, 0) is 83.0 Å². The van der Waals surface area contributed by atoms with E-state index in [1.165, 1.54) is 24.3 Å². The van der Waals surface area contributed by atoms with E-state index in [0.717, 1.165) is 10.5 Å². The van der Waals surface area contributed by atoms with Crippen molar-refractivity contribution in [2.75, 3.05) is 10.6 Å². The van der Waals surface area contributed by atoms with Crippen LogP contribution in [0.5, 0.6) is 0 Å². The second-order valence-electron chi connectivity index (χ2n) is 6.19. The Bertz CT molecular complexity index is 1100. The minimum Gasteiger partial charge on any atom is -0.322 e. The van der Waals surface area contributed by atoms with E-state index in [0.29, 0.717) is 16.8 Å². The first-order valence-corrected chi connectivity index (χ1v) is 9.96. The lowest BCUT2D eigenvalue weighted by molar-refractivity contribution is 0.101. The van der Waals surface area contributed by atoms with Gasteiger partial charge in [0.25, 0.3) is 11.8 Å². The molecule has 2 amide bonds. The SMILES string of the molecule is Cc1cc(NC(=O)c2cc(NC(=O)c3ccc(Br)cc3)c(F)cc2Br)ccc1F. The summed E-state index contributed by atoms with van der Waals surface area (Å²) in [7, 11) is 0. The smallest absolute Gasteiger partial charge is 0.256 e. The van der Waals surface area contributed by atoms with Gasteiger partial charge in [-0.2, -0.15) is 0 Å². The van der Waals surface area contributed by atoms with Crippen molar-refractivity contribution in [3.8, 4) is 0 Å². The van der Waals surface area contributed by atoms with Crippen molar-refractivity contribution in [3.05, 3.63) is 91.9 Å². The van der Waals surface area contributed by atoms with Crippen LogP contribution in [0.1, 0.15) is 26.3 Å². The van der Waals surface area contributed by atoms with Gasteiger partial charge in [0, 0.05) is 20.2 Å². The average molecular weight is 524 g/mol. The van der Waals surface area contributed by atoms with E-state index in [1.807, 2.05) is 0 Å². The Morgan fingerprint density at radius 2 is 1.52 bits per heavy atom. The van der Waals surface area contributed by atoms with Crippen molar-refractivity contribution in [2.24, 2.45) is 0 Å². The van der Waals surface area contributed by atoms with Gasteiger partial charge < -0.3 is 10.6 Å². The molecule has 29 heavy (non-hydrogen) atoms. The van der Waals surface area contributed by atoms with Gasteiger partial charge in [0.15, 0.2) is 0 Å². The third-order valence-electron chi connectivity index (χ3n) is 4.07. The predicted molar refractivity (Wildman–Crippen MR) is 115 cm³/mol. The minimum absolute atomic E-state index is 0.111. The normalized spacial score (nSPS) is 10.5.